The van der Waals surface area contributed by atoms with E-state index < -0.39 is 0 Å². The van der Waals surface area contributed by atoms with Gasteiger partial charge < -0.3 is 5.11 Å². The molecule has 1 fully saturated rings. The van der Waals surface area contributed by atoms with Crippen LogP contribution in [0, 0.1) is 0 Å². The van der Waals surface area contributed by atoms with Gasteiger partial charge >= 0.3 is 0 Å². The normalized spacial score (nSPS) is 35.1. The molecular formula is C5H7NO2. The van der Waals surface area contributed by atoms with E-state index in [0.717, 1.165) is 0 Å². The molecule has 44 valence electrons. The third kappa shape index (κ3) is 0.941. The number of aliphatic hydroxyl groups excluding tert-OH is 1. The molecule has 0 amide bonds. The number of isocyanates is 1. The first-order chi connectivity index (χ1) is 3.83. The van der Waals surface area contributed by atoms with Crippen molar-refractivity contribution in [3.05, 3.63) is 0 Å². The monoisotopic (exact) mass is 113 g/mol. The molecule has 1 saturated carbocycles. The molecule has 0 unspecified atom stereocenters. The number of rotatable bonds is 1. The molecule has 0 heterocycles. The Morgan fingerprint density at radius 3 is 2.62 bits per heavy atom. The van der Waals surface area contributed by atoms with Crippen LogP contribution in [-0.4, -0.2) is 23.3 Å². The molecule has 0 aromatic heterocycles. The van der Waals surface area contributed by atoms with E-state index in [1.165, 1.54) is 6.08 Å². The van der Waals surface area contributed by atoms with E-state index >= 15 is 0 Å². The fourth-order valence-corrected chi connectivity index (χ4v) is 0.739. The van der Waals surface area contributed by atoms with E-state index in [1.807, 2.05) is 0 Å². The van der Waals surface area contributed by atoms with Crippen LogP contribution >= 0.6 is 0 Å². The standard InChI is InChI=1S/C5H7NO2/c7-3-6-4-1-5(8)2-4/h4-5,8H,1-2H2. The summed E-state index contributed by atoms with van der Waals surface area (Å²) in [5, 5.41) is 8.66. The quantitative estimate of drug-likeness (QED) is 0.379. The third-order valence-corrected chi connectivity index (χ3v) is 1.32. The maximum absolute atomic E-state index is 9.54. The van der Waals surface area contributed by atoms with Crippen molar-refractivity contribution in [1.82, 2.24) is 0 Å². The molecule has 3 heteroatoms. The Labute approximate surface area is 47.0 Å². The predicted molar refractivity (Wildman–Crippen MR) is 27.2 cm³/mol. The Hall–Kier alpha value is -0.660. The molecule has 0 aromatic rings. The molecule has 0 radical (unpaired) electrons. The van der Waals surface area contributed by atoms with Crippen LogP contribution in [0.5, 0.6) is 0 Å². The zero-order chi connectivity index (χ0) is 5.98. The average Bonchev–Trinajstić information content (AvgIpc) is 1.64. The highest BCUT2D eigenvalue weighted by molar-refractivity contribution is 5.34. The van der Waals surface area contributed by atoms with E-state index in [1.54, 1.807) is 0 Å². The maximum Gasteiger partial charge on any atom is 0.235 e. The fourth-order valence-electron chi connectivity index (χ4n) is 0.739. The zero-order valence-electron chi connectivity index (χ0n) is 4.37. The number of hydrogen-bond donors (Lipinski definition) is 1. The molecule has 3 nitrogen and oxygen atoms in total. The first kappa shape index (κ1) is 5.48. The van der Waals surface area contributed by atoms with Gasteiger partial charge in [0.2, 0.25) is 6.08 Å². The summed E-state index contributed by atoms with van der Waals surface area (Å²) in [5.74, 6) is 0. The van der Waals surface area contributed by atoms with Crippen LogP contribution in [0.15, 0.2) is 4.99 Å². The molecule has 1 aliphatic rings. The van der Waals surface area contributed by atoms with Gasteiger partial charge in [0.05, 0.1) is 12.1 Å². The number of aliphatic imine (C=N–C) groups is 1. The Morgan fingerprint density at radius 2 is 2.25 bits per heavy atom. The van der Waals surface area contributed by atoms with Gasteiger partial charge in [0.15, 0.2) is 0 Å². The molecule has 0 aliphatic heterocycles. The first-order valence-electron chi connectivity index (χ1n) is 2.58. The van der Waals surface area contributed by atoms with Crippen molar-refractivity contribution in [3.63, 3.8) is 0 Å². The van der Waals surface area contributed by atoms with E-state index in [4.69, 9.17) is 5.11 Å². The SMILES string of the molecule is O=C=NC1CC(O)C1. The molecule has 8 heavy (non-hydrogen) atoms. The highest BCUT2D eigenvalue weighted by atomic mass is 16.3. The van der Waals surface area contributed by atoms with Crippen molar-refractivity contribution in [3.8, 4) is 0 Å². The van der Waals surface area contributed by atoms with Crippen molar-refractivity contribution in [2.24, 2.45) is 4.99 Å². The minimum atomic E-state index is -0.225. The Bertz CT molecular complexity index is 122. The van der Waals surface area contributed by atoms with Gasteiger partial charge in [-0.05, 0) is 12.8 Å². The van der Waals surface area contributed by atoms with Gasteiger partial charge in [0.1, 0.15) is 0 Å². The second-order valence-electron chi connectivity index (χ2n) is 2.00. The van der Waals surface area contributed by atoms with Gasteiger partial charge in [-0.3, -0.25) is 0 Å². The summed E-state index contributed by atoms with van der Waals surface area (Å²) < 4.78 is 0. The van der Waals surface area contributed by atoms with Gasteiger partial charge in [-0.2, -0.15) is 0 Å². The van der Waals surface area contributed by atoms with Gasteiger partial charge in [0.25, 0.3) is 0 Å². The van der Waals surface area contributed by atoms with Crippen LogP contribution in [0.25, 0.3) is 0 Å². The second kappa shape index (κ2) is 2.07. The van der Waals surface area contributed by atoms with Crippen molar-refractivity contribution in [1.29, 1.82) is 0 Å². The van der Waals surface area contributed by atoms with Crippen molar-refractivity contribution in [2.75, 3.05) is 0 Å². The number of aliphatic hydroxyl groups is 1. The lowest BCUT2D eigenvalue weighted by Crippen LogP contribution is -2.31. The molecule has 0 aromatic carbocycles. The average molecular weight is 113 g/mol. The van der Waals surface area contributed by atoms with Crippen LogP contribution in [0.3, 0.4) is 0 Å². The minimum Gasteiger partial charge on any atom is -0.393 e. The summed E-state index contributed by atoms with van der Waals surface area (Å²) in [6.45, 7) is 0. The molecule has 1 rings (SSSR count). The summed E-state index contributed by atoms with van der Waals surface area (Å²) in [7, 11) is 0. The fraction of sp³-hybridized carbons (Fsp3) is 0.800. The van der Waals surface area contributed by atoms with Crippen LogP contribution in [0.2, 0.25) is 0 Å². The molecule has 1 N–H and O–H groups in total. The summed E-state index contributed by atoms with van der Waals surface area (Å²) in [6, 6.07) is 0.0579. The van der Waals surface area contributed by atoms with Gasteiger partial charge in [-0.25, -0.2) is 9.79 Å². The van der Waals surface area contributed by atoms with Crippen molar-refractivity contribution >= 4 is 6.08 Å². The van der Waals surface area contributed by atoms with Crippen LogP contribution in [0.4, 0.5) is 0 Å². The Kier molecular flexibility index (Phi) is 1.42. The molecule has 0 atom stereocenters. The predicted octanol–water partition coefficient (Wildman–Crippen LogP) is -0.154. The lowest BCUT2D eigenvalue weighted by Gasteiger charge is -2.25. The number of hydrogen-bond acceptors (Lipinski definition) is 3. The molecule has 1 aliphatic carbocycles. The third-order valence-electron chi connectivity index (χ3n) is 1.32. The first-order valence-corrected chi connectivity index (χ1v) is 2.58. The molecular weight excluding hydrogens is 106 g/mol. The van der Waals surface area contributed by atoms with Gasteiger partial charge in [-0.15, -0.1) is 0 Å². The second-order valence-corrected chi connectivity index (χ2v) is 2.00. The summed E-state index contributed by atoms with van der Waals surface area (Å²) >= 11 is 0. The van der Waals surface area contributed by atoms with Gasteiger partial charge in [0, 0.05) is 0 Å². The lowest BCUT2D eigenvalue weighted by atomic mass is 9.90. The van der Waals surface area contributed by atoms with Crippen molar-refractivity contribution < 1.29 is 9.90 Å². The number of carbonyl (C=O) groups excluding carboxylic acids is 1. The minimum absolute atomic E-state index is 0.0579. The molecule has 0 saturated heterocycles. The highest BCUT2D eigenvalue weighted by Crippen LogP contribution is 2.21. The maximum atomic E-state index is 9.54. The van der Waals surface area contributed by atoms with Crippen LogP contribution in [-0.2, 0) is 4.79 Å². The van der Waals surface area contributed by atoms with E-state index in [-0.39, 0.29) is 12.1 Å². The van der Waals surface area contributed by atoms with Crippen LogP contribution in [0.1, 0.15) is 12.8 Å². The largest absolute Gasteiger partial charge is 0.393 e. The van der Waals surface area contributed by atoms with E-state index in [9.17, 15) is 4.79 Å². The smallest absolute Gasteiger partial charge is 0.235 e. The van der Waals surface area contributed by atoms with Crippen LogP contribution < -0.4 is 0 Å². The molecule has 0 bridgehead atoms. The van der Waals surface area contributed by atoms with Gasteiger partial charge in [-0.1, -0.05) is 0 Å². The van der Waals surface area contributed by atoms with Crippen molar-refractivity contribution in [2.45, 2.75) is 25.0 Å². The summed E-state index contributed by atoms with van der Waals surface area (Å²) in [4.78, 5) is 13.0. The summed E-state index contributed by atoms with van der Waals surface area (Å²) in [5.41, 5.74) is 0. The Morgan fingerprint density at radius 1 is 1.62 bits per heavy atom. The highest BCUT2D eigenvalue weighted by Gasteiger charge is 2.26. The zero-order valence-corrected chi connectivity index (χ0v) is 4.37. The van der Waals surface area contributed by atoms with E-state index in [2.05, 4.69) is 4.99 Å². The number of nitrogens with zero attached hydrogens (tertiary/aromatic N) is 1. The topological polar surface area (TPSA) is 49.7 Å². The summed E-state index contributed by atoms with van der Waals surface area (Å²) in [6.07, 6.45) is 2.50. The lowest BCUT2D eigenvalue weighted by molar-refractivity contribution is 0.0778. The van der Waals surface area contributed by atoms with E-state index in [0.29, 0.717) is 12.8 Å². The Balaban J connectivity index is 2.25. The molecule has 0 spiro atoms.